The van der Waals surface area contributed by atoms with Crippen LogP contribution in [0.1, 0.15) is 20.3 Å². The first-order valence-corrected chi connectivity index (χ1v) is 4.47. The molecule has 1 aliphatic rings. The highest BCUT2D eigenvalue weighted by molar-refractivity contribution is 5.93. The summed E-state index contributed by atoms with van der Waals surface area (Å²) in [5.41, 5.74) is 10.7. The number of nitrogens with one attached hydrogen (secondary N) is 2. The van der Waals surface area contributed by atoms with Crippen molar-refractivity contribution in [2.75, 3.05) is 6.54 Å². The number of nitrogens with zero attached hydrogens (tertiary/aromatic N) is 1. The second-order valence-corrected chi connectivity index (χ2v) is 3.42. The van der Waals surface area contributed by atoms with Gasteiger partial charge in [0.25, 0.3) is 5.91 Å². The van der Waals surface area contributed by atoms with Crippen LogP contribution in [0.5, 0.6) is 0 Å². The van der Waals surface area contributed by atoms with Gasteiger partial charge in [0.15, 0.2) is 0 Å². The van der Waals surface area contributed by atoms with Crippen molar-refractivity contribution in [3.63, 3.8) is 0 Å². The van der Waals surface area contributed by atoms with E-state index in [9.17, 15) is 4.79 Å². The lowest BCUT2D eigenvalue weighted by molar-refractivity contribution is -0.124. The maximum absolute atomic E-state index is 11.3. The molecule has 0 unspecified atom stereocenters. The molecule has 1 aliphatic heterocycles. The van der Waals surface area contributed by atoms with Crippen LogP contribution < -0.4 is 16.6 Å². The van der Waals surface area contributed by atoms with Crippen molar-refractivity contribution < 1.29 is 4.79 Å². The summed E-state index contributed by atoms with van der Waals surface area (Å²) in [6, 6.07) is -0.275. The van der Waals surface area contributed by atoms with Crippen LogP contribution in [-0.4, -0.2) is 24.3 Å². The van der Waals surface area contributed by atoms with Gasteiger partial charge in [0.05, 0.1) is 0 Å². The van der Waals surface area contributed by atoms with Crippen LogP contribution in [0, 0.1) is 5.92 Å². The van der Waals surface area contributed by atoms with E-state index in [0.29, 0.717) is 13.0 Å². The lowest BCUT2D eigenvalue weighted by Crippen LogP contribution is -2.52. The summed E-state index contributed by atoms with van der Waals surface area (Å²) in [6.45, 7) is 4.48. The molecule has 0 fully saturated rings. The second kappa shape index (κ2) is 4.23. The number of carbonyl (C=O) groups is 1. The van der Waals surface area contributed by atoms with Crippen molar-refractivity contribution >= 4 is 11.7 Å². The SMILES string of the molecule is CC(C)[C@@H]1N=C(CCN)NNC1=O. The van der Waals surface area contributed by atoms with E-state index < -0.39 is 0 Å². The average molecular weight is 184 g/mol. The van der Waals surface area contributed by atoms with Crippen molar-refractivity contribution in [3.8, 4) is 0 Å². The van der Waals surface area contributed by atoms with Gasteiger partial charge < -0.3 is 5.73 Å². The summed E-state index contributed by atoms with van der Waals surface area (Å²) < 4.78 is 0. The normalized spacial score (nSPS) is 22.3. The number of amides is 1. The van der Waals surface area contributed by atoms with E-state index in [2.05, 4.69) is 15.8 Å². The van der Waals surface area contributed by atoms with Gasteiger partial charge in [-0.25, -0.2) is 0 Å². The van der Waals surface area contributed by atoms with Gasteiger partial charge in [-0.05, 0) is 12.5 Å². The monoisotopic (exact) mass is 184 g/mol. The Morgan fingerprint density at radius 1 is 1.54 bits per heavy atom. The van der Waals surface area contributed by atoms with Crippen LogP contribution in [0.4, 0.5) is 0 Å². The number of amidine groups is 1. The summed E-state index contributed by atoms with van der Waals surface area (Å²) in [5.74, 6) is 0.909. The maximum atomic E-state index is 11.3. The molecule has 5 heteroatoms. The average Bonchev–Trinajstić information content (AvgIpc) is 2.08. The molecule has 0 saturated heterocycles. The molecule has 4 N–H and O–H groups in total. The van der Waals surface area contributed by atoms with Crippen LogP contribution >= 0.6 is 0 Å². The number of carbonyl (C=O) groups excluding carboxylic acids is 1. The summed E-state index contributed by atoms with van der Waals surface area (Å²) in [6.07, 6.45) is 0.670. The zero-order valence-electron chi connectivity index (χ0n) is 8.00. The number of aliphatic imine (C=N–C) groups is 1. The number of hydrogen-bond donors (Lipinski definition) is 3. The number of hydrogen-bond acceptors (Lipinski definition) is 4. The summed E-state index contributed by atoms with van der Waals surface area (Å²) in [7, 11) is 0. The van der Waals surface area contributed by atoms with Gasteiger partial charge in [0.1, 0.15) is 11.9 Å². The highest BCUT2D eigenvalue weighted by Gasteiger charge is 2.25. The molecular weight excluding hydrogens is 168 g/mol. The third-order valence-corrected chi connectivity index (χ3v) is 1.91. The smallest absolute Gasteiger partial charge is 0.263 e. The maximum Gasteiger partial charge on any atom is 0.263 e. The van der Waals surface area contributed by atoms with Crippen molar-refractivity contribution in [3.05, 3.63) is 0 Å². The Bertz CT molecular complexity index is 224. The summed E-state index contributed by atoms with van der Waals surface area (Å²) in [4.78, 5) is 15.5. The first kappa shape index (κ1) is 9.98. The van der Waals surface area contributed by atoms with Crippen LogP contribution in [0.2, 0.25) is 0 Å². The molecule has 0 saturated carbocycles. The van der Waals surface area contributed by atoms with Gasteiger partial charge in [-0.3, -0.25) is 20.6 Å². The first-order valence-electron chi connectivity index (χ1n) is 4.47. The Labute approximate surface area is 77.8 Å². The van der Waals surface area contributed by atoms with Crippen molar-refractivity contribution in [2.45, 2.75) is 26.3 Å². The fraction of sp³-hybridized carbons (Fsp3) is 0.750. The van der Waals surface area contributed by atoms with Gasteiger partial charge in [0.2, 0.25) is 0 Å². The fourth-order valence-electron chi connectivity index (χ4n) is 1.18. The van der Waals surface area contributed by atoms with E-state index in [4.69, 9.17) is 5.73 Å². The highest BCUT2D eigenvalue weighted by atomic mass is 16.2. The van der Waals surface area contributed by atoms with Gasteiger partial charge >= 0.3 is 0 Å². The van der Waals surface area contributed by atoms with Gasteiger partial charge in [-0.2, -0.15) is 0 Å². The van der Waals surface area contributed by atoms with Crippen molar-refractivity contribution in [1.29, 1.82) is 0 Å². The van der Waals surface area contributed by atoms with Gasteiger partial charge in [-0.15, -0.1) is 0 Å². The highest BCUT2D eigenvalue weighted by Crippen LogP contribution is 2.09. The van der Waals surface area contributed by atoms with Gasteiger partial charge in [-0.1, -0.05) is 13.8 Å². The Balaban J connectivity index is 2.69. The zero-order chi connectivity index (χ0) is 9.84. The minimum absolute atomic E-state index is 0.0734. The Morgan fingerprint density at radius 2 is 2.23 bits per heavy atom. The zero-order valence-corrected chi connectivity index (χ0v) is 8.00. The van der Waals surface area contributed by atoms with E-state index in [0.717, 1.165) is 5.84 Å². The Kier molecular flexibility index (Phi) is 3.25. The minimum Gasteiger partial charge on any atom is -0.330 e. The molecule has 0 aromatic rings. The topological polar surface area (TPSA) is 79.5 Å². The molecule has 0 aromatic heterocycles. The molecule has 1 heterocycles. The minimum atomic E-state index is -0.275. The van der Waals surface area contributed by atoms with Crippen LogP contribution in [-0.2, 0) is 4.79 Å². The fourth-order valence-corrected chi connectivity index (χ4v) is 1.18. The first-order chi connectivity index (χ1) is 6.15. The van der Waals surface area contributed by atoms with Crippen LogP contribution in [0.15, 0.2) is 4.99 Å². The van der Waals surface area contributed by atoms with Crippen molar-refractivity contribution in [1.82, 2.24) is 10.9 Å². The molecule has 0 bridgehead atoms. The van der Waals surface area contributed by atoms with E-state index in [1.165, 1.54) is 0 Å². The Hall–Kier alpha value is -1.10. The molecule has 74 valence electrons. The van der Waals surface area contributed by atoms with E-state index in [1.807, 2.05) is 13.8 Å². The lowest BCUT2D eigenvalue weighted by Gasteiger charge is -2.24. The standard InChI is InChI=1S/C8H16N4O/c1-5(2)7-8(13)12-11-6(10-7)3-4-9/h5,7H,3-4,9H2,1-2H3,(H,10,11)(H,12,13)/t7-/m0/s1. The molecule has 5 nitrogen and oxygen atoms in total. The molecule has 0 spiro atoms. The third kappa shape index (κ3) is 2.42. The molecular formula is C8H16N4O. The molecule has 0 aliphatic carbocycles. The van der Waals surface area contributed by atoms with E-state index in [-0.39, 0.29) is 17.9 Å². The van der Waals surface area contributed by atoms with Gasteiger partial charge in [0, 0.05) is 6.42 Å². The van der Waals surface area contributed by atoms with Crippen molar-refractivity contribution in [2.24, 2.45) is 16.6 Å². The predicted molar refractivity (Wildman–Crippen MR) is 51.0 cm³/mol. The van der Waals surface area contributed by atoms with E-state index in [1.54, 1.807) is 0 Å². The number of hydrazine groups is 1. The molecule has 1 amide bonds. The second-order valence-electron chi connectivity index (χ2n) is 3.42. The molecule has 13 heavy (non-hydrogen) atoms. The van der Waals surface area contributed by atoms with Crippen LogP contribution in [0.25, 0.3) is 0 Å². The Morgan fingerprint density at radius 3 is 2.77 bits per heavy atom. The predicted octanol–water partition coefficient (Wildman–Crippen LogP) is -0.607. The third-order valence-electron chi connectivity index (χ3n) is 1.91. The largest absolute Gasteiger partial charge is 0.330 e. The number of nitrogens with two attached hydrogens (primary N) is 1. The molecule has 1 atom stereocenters. The molecule has 1 rings (SSSR count). The molecule has 0 radical (unpaired) electrons. The number of rotatable bonds is 3. The lowest BCUT2D eigenvalue weighted by atomic mass is 10.0. The quantitative estimate of drug-likeness (QED) is 0.547. The van der Waals surface area contributed by atoms with Crippen LogP contribution in [0.3, 0.4) is 0 Å². The van der Waals surface area contributed by atoms with E-state index >= 15 is 0 Å². The molecule has 0 aromatic carbocycles. The summed E-state index contributed by atoms with van der Waals surface area (Å²) >= 11 is 0. The summed E-state index contributed by atoms with van der Waals surface area (Å²) in [5, 5.41) is 0.